The van der Waals surface area contributed by atoms with Gasteiger partial charge in [0.15, 0.2) is 0 Å². The number of H-pyrrole nitrogens is 1. The number of carbonyl (C=O) groups is 1. The normalized spacial score (nSPS) is 11.5. The van der Waals surface area contributed by atoms with Crippen LogP contribution in [0.25, 0.3) is 11.3 Å². The molecule has 0 aliphatic heterocycles. The van der Waals surface area contributed by atoms with Crippen LogP contribution in [0.15, 0.2) is 30.3 Å². The van der Waals surface area contributed by atoms with Crippen molar-refractivity contribution < 1.29 is 22.7 Å². The van der Waals surface area contributed by atoms with Gasteiger partial charge in [-0.2, -0.15) is 13.2 Å². The van der Waals surface area contributed by atoms with E-state index in [1.54, 1.807) is 0 Å². The van der Waals surface area contributed by atoms with Crippen LogP contribution in [-0.2, 0) is 17.3 Å². The van der Waals surface area contributed by atoms with E-state index in [1.165, 1.54) is 31.4 Å². The summed E-state index contributed by atoms with van der Waals surface area (Å²) in [5, 5.41) is 0. The van der Waals surface area contributed by atoms with Crippen LogP contribution in [0.3, 0.4) is 0 Å². The topological polar surface area (TPSA) is 42.1 Å². The number of rotatable bonds is 3. The molecule has 0 spiro atoms. The van der Waals surface area contributed by atoms with Crippen molar-refractivity contribution in [1.29, 1.82) is 0 Å². The molecule has 0 bridgehead atoms. The predicted molar refractivity (Wildman–Crippen MR) is 71.9 cm³/mol. The van der Waals surface area contributed by atoms with Crippen molar-refractivity contribution in [2.24, 2.45) is 0 Å². The average Bonchev–Trinajstić information content (AvgIpc) is 2.89. The number of alkyl halides is 3. The Balaban J connectivity index is 2.62. The fraction of sp³-hybridized carbons (Fsp3) is 0.267. The third kappa shape index (κ3) is 2.94. The molecule has 3 nitrogen and oxygen atoms in total. The van der Waals surface area contributed by atoms with E-state index in [1.807, 2.05) is 6.92 Å². The predicted octanol–water partition coefficient (Wildman–Crippen LogP) is 4.05. The standard InChI is InChI=1S/C15H14F3NO2/c1-3-9-8-12(14(20)21-2)19-13(9)10-6-4-5-7-11(10)15(16,17)18/h4-8,19H,3H2,1-2H3. The first-order chi connectivity index (χ1) is 9.88. The number of esters is 1. The van der Waals surface area contributed by atoms with E-state index < -0.39 is 17.7 Å². The van der Waals surface area contributed by atoms with Crippen molar-refractivity contribution >= 4 is 5.97 Å². The number of benzene rings is 1. The van der Waals surface area contributed by atoms with Gasteiger partial charge < -0.3 is 9.72 Å². The van der Waals surface area contributed by atoms with Crippen LogP contribution in [0.4, 0.5) is 13.2 Å². The Hall–Kier alpha value is -2.24. The van der Waals surface area contributed by atoms with Crippen molar-refractivity contribution in [2.45, 2.75) is 19.5 Å². The average molecular weight is 297 g/mol. The Morgan fingerprint density at radius 1 is 1.29 bits per heavy atom. The highest BCUT2D eigenvalue weighted by Gasteiger charge is 2.34. The Morgan fingerprint density at radius 2 is 1.95 bits per heavy atom. The Kier molecular flexibility index (Phi) is 4.06. The molecule has 0 saturated heterocycles. The minimum Gasteiger partial charge on any atom is -0.464 e. The number of halogens is 3. The number of hydrogen-bond donors (Lipinski definition) is 1. The number of ether oxygens (including phenoxy) is 1. The molecule has 0 aliphatic rings. The molecule has 21 heavy (non-hydrogen) atoms. The smallest absolute Gasteiger partial charge is 0.417 e. The molecule has 0 saturated carbocycles. The quantitative estimate of drug-likeness (QED) is 0.868. The molecule has 0 amide bonds. The van der Waals surface area contributed by atoms with Crippen molar-refractivity contribution in [3.63, 3.8) is 0 Å². The SMILES string of the molecule is CCc1cc(C(=O)OC)[nH]c1-c1ccccc1C(F)(F)F. The van der Waals surface area contributed by atoms with Crippen LogP contribution in [-0.4, -0.2) is 18.1 Å². The van der Waals surface area contributed by atoms with Gasteiger partial charge in [-0.05, 0) is 24.1 Å². The molecule has 112 valence electrons. The number of hydrogen-bond acceptors (Lipinski definition) is 2. The van der Waals surface area contributed by atoms with Gasteiger partial charge in [0.1, 0.15) is 5.69 Å². The highest BCUT2D eigenvalue weighted by atomic mass is 19.4. The third-order valence-corrected chi connectivity index (χ3v) is 3.19. The van der Waals surface area contributed by atoms with E-state index in [0.29, 0.717) is 17.7 Å². The van der Waals surface area contributed by atoms with Gasteiger partial charge in [-0.3, -0.25) is 0 Å². The van der Waals surface area contributed by atoms with E-state index in [0.717, 1.165) is 6.07 Å². The van der Waals surface area contributed by atoms with Gasteiger partial charge in [-0.15, -0.1) is 0 Å². The second-order valence-corrected chi connectivity index (χ2v) is 4.47. The van der Waals surface area contributed by atoms with Gasteiger partial charge in [0.05, 0.1) is 12.7 Å². The Labute approximate surface area is 119 Å². The Morgan fingerprint density at radius 3 is 2.52 bits per heavy atom. The molecular weight excluding hydrogens is 283 g/mol. The van der Waals surface area contributed by atoms with Crippen molar-refractivity contribution in [1.82, 2.24) is 4.98 Å². The molecule has 0 atom stereocenters. The maximum atomic E-state index is 13.1. The van der Waals surface area contributed by atoms with Crippen LogP contribution in [0, 0.1) is 0 Å². The number of aromatic amines is 1. The lowest BCUT2D eigenvalue weighted by Gasteiger charge is -2.12. The van der Waals surface area contributed by atoms with E-state index in [4.69, 9.17) is 0 Å². The van der Waals surface area contributed by atoms with E-state index in [9.17, 15) is 18.0 Å². The van der Waals surface area contributed by atoms with Crippen LogP contribution in [0.1, 0.15) is 28.5 Å². The van der Waals surface area contributed by atoms with Crippen LogP contribution < -0.4 is 0 Å². The number of nitrogens with one attached hydrogen (secondary N) is 1. The van der Waals surface area contributed by atoms with E-state index >= 15 is 0 Å². The van der Waals surface area contributed by atoms with Gasteiger partial charge in [0, 0.05) is 11.3 Å². The van der Waals surface area contributed by atoms with Crippen LogP contribution in [0.2, 0.25) is 0 Å². The molecule has 0 fully saturated rings. The van der Waals surface area contributed by atoms with Crippen molar-refractivity contribution in [3.8, 4) is 11.3 Å². The zero-order valence-corrected chi connectivity index (χ0v) is 11.5. The van der Waals surface area contributed by atoms with Crippen molar-refractivity contribution in [2.75, 3.05) is 7.11 Å². The number of carbonyl (C=O) groups excluding carboxylic acids is 1. The summed E-state index contributed by atoms with van der Waals surface area (Å²) in [7, 11) is 1.22. The molecule has 1 aromatic carbocycles. The third-order valence-electron chi connectivity index (χ3n) is 3.19. The summed E-state index contributed by atoms with van der Waals surface area (Å²) in [6, 6.07) is 6.79. The van der Waals surface area contributed by atoms with E-state index in [2.05, 4.69) is 9.72 Å². The number of methoxy groups -OCH3 is 1. The van der Waals surface area contributed by atoms with Gasteiger partial charge in [0.2, 0.25) is 0 Å². The molecule has 2 rings (SSSR count). The second kappa shape index (κ2) is 5.63. The minimum absolute atomic E-state index is 0.0250. The molecule has 0 unspecified atom stereocenters. The van der Waals surface area contributed by atoms with Crippen LogP contribution >= 0.6 is 0 Å². The monoisotopic (exact) mass is 297 g/mol. The first-order valence-corrected chi connectivity index (χ1v) is 6.35. The van der Waals surface area contributed by atoms with Gasteiger partial charge in [-0.1, -0.05) is 25.1 Å². The minimum atomic E-state index is -4.46. The summed E-state index contributed by atoms with van der Waals surface area (Å²) in [6.07, 6.45) is -3.97. The number of aryl methyl sites for hydroxylation is 1. The molecule has 6 heteroatoms. The highest BCUT2D eigenvalue weighted by molar-refractivity contribution is 5.89. The summed E-state index contributed by atoms with van der Waals surface area (Å²) in [5.41, 5.74) is 0.356. The molecule has 1 aromatic heterocycles. The van der Waals surface area contributed by atoms with Crippen LogP contribution in [0.5, 0.6) is 0 Å². The number of aromatic nitrogens is 1. The lowest BCUT2D eigenvalue weighted by molar-refractivity contribution is -0.137. The first kappa shape index (κ1) is 15.2. The summed E-state index contributed by atoms with van der Waals surface area (Å²) in [6.45, 7) is 1.81. The van der Waals surface area contributed by atoms with Gasteiger partial charge in [0.25, 0.3) is 0 Å². The maximum absolute atomic E-state index is 13.1. The maximum Gasteiger partial charge on any atom is 0.417 e. The lowest BCUT2D eigenvalue weighted by Crippen LogP contribution is -2.07. The summed E-state index contributed by atoms with van der Waals surface area (Å²) in [4.78, 5) is 14.3. The molecule has 0 aliphatic carbocycles. The van der Waals surface area contributed by atoms with Crippen molar-refractivity contribution in [3.05, 3.63) is 47.2 Å². The highest BCUT2D eigenvalue weighted by Crippen LogP contribution is 2.38. The zero-order valence-electron chi connectivity index (χ0n) is 11.5. The fourth-order valence-electron chi connectivity index (χ4n) is 2.18. The largest absolute Gasteiger partial charge is 0.464 e. The zero-order chi connectivity index (χ0) is 15.6. The van der Waals surface area contributed by atoms with Gasteiger partial charge in [-0.25, -0.2) is 4.79 Å². The molecule has 2 aromatic rings. The molecule has 1 N–H and O–H groups in total. The van der Waals surface area contributed by atoms with E-state index in [-0.39, 0.29) is 11.3 Å². The summed E-state index contributed by atoms with van der Waals surface area (Å²) >= 11 is 0. The first-order valence-electron chi connectivity index (χ1n) is 6.35. The lowest BCUT2D eigenvalue weighted by atomic mass is 10.0. The van der Waals surface area contributed by atoms with Gasteiger partial charge >= 0.3 is 12.1 Å². The second-order valence-electron chi connectivity index (χ2n) is 4.47. The summed E-state index contributed by atoms with van der Waals surface area (Å²) < 4.78 is 43.9. The Bertz CT molecular complexity index is 659. The molecule has 0 radical (unpaired) electrons. The summed E-state index contributed by atoms with van der Waals surface area (Å²) in [5.74, 6) is -0.611. The molecule has 1 heterocycles. The molecular formula is C15H14F3NO2. The fourth-order valence-corrected chi connectivity index (χ4v) is 2.18.